The molecule has 1 aromatic carbocycles. The van der Waals surface area contributed by atoms with Crippen LogP contribution in [0.25, 0.3) is 0 Å². The van der Waals surface area contributed by atoms with E-state index in [1.54, 1.807) is 27.7 Å². The van der Waals surface area contributed by atoms with E-state index in [4.69, 9.17) is 9.84 Å². The Morgan fingerprint density at radius 1 is 1.17 bits per heavy atom. The van der Waals surface area contributed by atoms with Crippen LogP contribution in [0.5, 0.6) is 5.75 Å². The van der Waals surface area contributed by atoms with E-state index in [9.17, 15) is 14.7 Å². The fraction of sp³-hybridized carbons (Fsp3) is 0.385. The maximum absolute atomic E-state index is 11.3. The molecule has 0 aliphatic carbocycles. The summed E-state index contributed by atoms with van der Waals surface area (Å²) in [5, 5.41) is 18.3. The van der Waals surface area contributed by atoms with Crippen LogP contribution in [0.2, 0.25) is 0 Å². The summed E-state index contributed by atoms with van der Waals surface area (Å²) in [4.78, 5) is 22.4. The summed E-state index contributed by atoms with van der Waals surface area (Å²) in [6.07, 6.45) is -0.302. The van der Waals surface area contributed by atoms with Crippen LogP contribution in [0.1, 0.15) is 45.7 Å². The van der Waals surface area contributed by atoms with E-state index in [0.717, 1.165) is 0 Å². The first-order chi connectivity index (χ1) is 8.25. The van der Waals surface area contributed by atoms with Gasteiger partial charge >= 0.3 is 11.9 Å². The van der Waals surface area contributed by atoms with Gasteiger partial charge in [-0.3, -0.25) is 0 Å². The molecule has 0 spiro atoms. The van der Waals surface area contributed by atoms with Crippen molar-refractivity contribution >= 4 is 11.9 Å². The normalized spacial score (nSPS) is 10.5. The third kappa shape index (κ3) is 2.61. The number of benzene rings is 1. The number of hydrogen-bond acceptors (Lipinski definition) is 3. The summed E-state index contributed by atoms with van der Waals surface area (Å²) >= 11 is 0. The number of aromatic carboxylic acids is 2. The van der Waals surface area contributed by atoms with Crippen molar-refractivity contribution in [1.29, 1.82) is 0 Å². The topological polar surface area (TPSA) is 83.8 Å². The molecule has 0 heterocycles. The summed E-state index contributed by atoms with van der Waals surface area (Å²) in [5.41, 5.74) is 0.925. The van der Waals surface area contributed by atoms with Crippen LogP contribution in [0.3, 0.4) is 0 Å². The molecular formula is C13H16O5. The van der Waals surface area contributed by atoms with Crippen LogP contribution < -0.4 is 4.74 Å². The number of carbonyl (C=O) groups is 2. The number of carboxylic acids is 2. The lowest BCUT2D eigenvalue weighted by atomic mass is 9.98. The van der Waals surface area contributed by atoms with Crippen LogP contribution in [-0.2, 0) is 0 Å². The molecule has 0 radical (unpaired) electrons. The maximum Gasteiger partial charge on any atom is 0.339 e. The van der Waals surface area contributed by atoms with Crippen LogP contribution in [-0.4, -0.2) is 28.3 Å². The molecule has 0 amide bonds. The number of ether oxygens (including phenoxy) is 1. The van der Waals surface area contributed by atoms with Crippen LogP contribution in [0.15, 0.2) is 6.07 Å². The van der Waals surface area contributed by atoms with Gasteiger partial charge in [0.2, 0.25) is 0 Å². The quantitative estimate of drug-likeness (QED) is 0.860. The Morgan fingerprint density at radius 2 is 1.72 bits per heavy atom. The van der Waals surface area contributed by atoms with Gasteiger partial charge in [-0.25, -0.2) is 9.59 Å². The molecule has 1 rings (SSSR count). The second kappa shape index (κ2) is 5.08. The van der Waals surface area contributed by atoms with E-state index >= 15 is 0 Å². The Balaban J connectivity index is 3.63. The van der Waals surface area contributed by atoms with Crippen LogP contribution >= 0.6 is 0 Å². The first kappa shape index (κ1) is 14.0. The van der Waals surface area contributed by atoms with Gasteiger partial charge < -0.3 is 14.9 Å². The lowest BCUT2D eigenvalue weighted by Gasteiger charge is -2.17. The standard InChI is InChI=1S/C13H16O5/c1-6(2)18-11-9(12(14)15)5-7(3)8(4)10(11)13(16)17/h5-6H,1-4H3,(H,14,15)(H,16,17). The average Bonchev–Trinajstić information content (AvgIpc) is 2.21. The molecule has 0 aliphatic heterocycles. The van der Waals surface area contributed by atoms with Gasteiger partial charge in [0.25, 0.3) is 0 Å². The largest absolute Gasteiger partial charge is 0.489 e. The molecular weight excluding hydrogens is 236 g/mol. The van der Waals surface area contributed by atoms with E-state index in [-0.39, 0.29) is 23.0 Å². The summed E-state index contributed by atoms with van der Waals surface area (Å²) in [6.45, 7) is 6.74. The van der Waals surface area contributed by atoms with Crippen molar-refractivity contribution in [3.8, 4) is 5.75 Å². The van der Waals surface area contributed by atoms with Crippen molar-refractivity contribution in [2.75, 3.05) is 0 Å². The van der Waals surface area contributed by atoms with Crippen LogP contribution in [0, 0.1) is 13.8 Å². The first-order valence-corrected chi connectivity index (χ1v) is 5.53. The van der Waals surface area contributed by atoms with Gasteiger partial charge in [-0.05, 0) is 44.9 Å². The third-order valence-electron chi connectivity index (χ3n) is 2.60. The van der Waals surface area contributed by atoms with E-state index in [1.807, 2.05) is 0 Å². The summed E-state index contributed by atoms with van der Waals surface area (Å²) in [5.74, 6) is -2.46. The zero-order valence-electron chi connectivity index (χ0n) is 10.8. The van der Waals surface area contributed by atoms with Crippen molar-refractivity contribution < 1.29 is 24.5 Å². The Labute approximate surface area is 105 Å². The minimum atomic E-state index is -1.20. The van der Waals surface area contributed by atoms with Gasteiger partial charge in [-0.1, -0.05) is 0 Å². The number of rotatable bonds is 4. The Bertz CT molecular complexity index is 503. The monoisotopic (exact) mass is 252 g/mol. The van der Waals surface area contributed by atoms with Crippen molar-refractivity contribution in [2.45, 2.75) is 33.8 Å². The minimum absolute atomic E-state index is 0.0758. The highest BCUT2D eigenvalue weighted by Crippen LogP contribution is 2.31. The molecule has 98 valence electrons. The third-order valence-corrected chi connectivity index (χ3v) is 2.60. The summed E-state index contributed by atoms with van der Waals surface area (Å²) in [6, 6.07) is 1.43. The van der Waals surface area contributed by atoms with E-state index in [0.29, 0.717) is 11.1 Å². The predicted octanol–water partition coefficient (Wildman–Crippen LogP) is 2.49. The van der Waals surface area contributed by atoms with Crippen molar-refractivity contribution in [1.82, 2.24) is 0 Å². The van der Waals surface area contributed by atoms with E-state index in [1.165, 1.54) is 6.07 Å². The maximum atomic E-state index is 11.3. The molecule has 0 bridgehead atoms. The van der Waals surface area contributed by atoms with Gasteiger partial charge in [-0.15, -0.1) is 0 Å². The summed E-state index contributed by atoms with van der Waals surface area (Å²) in [7, 11) is 0. The predicted molar refractivity (Wildman–Crippen MR) is 65.6 cm³/mol. The van der Waals surface area contributed by atoms with E-state index < -0.39 is 11.9 Å². The number of aryl methyl sites for hydroxylation is 1. The fourth-order valence-corrected chi connectivity index (χ4v) is 1.67. The summed E-state index contributed by atoms with van der Waals surface area (Å²) < 4.78 is 5.37. The molecule has 0 saturated heterocycles. The SMILES string of the molecule is Cc1cc(C(=O)O)c(OC(C)C)c(C(=O)O)c1C. The van der Waals surface area contributed by atoms with E-state index in [2.05, 4.69) is 0 Å². The number of carboxylic acid groups (broad SMARTS) is 2. The van der Waals surface area contributed by atoms with Gasteiger partial charge in [0.1, 0.15) is 16.9 Å². The van der Waals surface area contributed by atoms with Gasteiger partial charge in [0.05, 0.1) is 6.10 Å². The second-order valence-electron chi connectivity index (χ2n) is 4.35. The smallest absolute Gasteiger partial charge is 0.339 e. The molecule has 0 unspecified atom stereocenters. The Morgan fingerprint density at radius 3 is 2.11 bits per heavy atom. The molecule has 5 heteroatoms. The van der Waals surface area contributed by atoms with Crippen molar-refractivity contribution in [3.05, 3.63) is 28.3 Å². The van der Waals surface area contributed by atoms with Crippen molar-refractivity contribution in [3.63, 3.8) is 0 Å². The average molecular weight is 252 g/mol. The highest BCUT2D eigenvalue weighted by atomic mass is 16.5. The molecule has 0 aliphatic rings. The lowest BCUT2D eigenvalue weighted by molar-refractivity contribution is 0.0684. The molecule has 0 fully saturated rings. The molecule has 1 aromatic rings. The molecule has 0 atom stereocenters. The minimum Gasteiger partial charge on any atom is -0.489 e. The molecule has 5 nitrogen and oxygen atoms in total. The zero-order valence-corrected chi connectivity index (χ0v) is 10.8. The van der Waals surface area contributed by atoms with Gasteiger partial charge in [0.15, 0.2) is 0 Å². The fourth-order valence-electron chi connectivity index (χ4n) is 1.67. The highest BCUT2D eigenvalue weighted by molar-refractivity contribution is 6.00. The number of hydrogen-bond donors (Lipinski definition) is 2. The lowest BCUT2D eigenvalue weighted by Crippen LogP contribution is -2.16. The van der Waals surface area contributed by atoms with Gasteiger partial charge in [-0.2, -0.15) is 0 Å². The molecule has 0 aromatic heterocycles. The molecule has 0 saturated carbocycles. The Kier molecular flexibility index (Phi) is 3.96. The molecule has 18 heavy (non-hydrogen) atoms. The zero-order chi connectivity index (χ0) is 14.0. The highest BCUT2D eigenvalue weighted by Gasteiger charge is 2.24. The van der Waals surface area contributed by atoms with Gasteiger partial charge in [0, 0.05) is 0 Å². The Hall–Kier alpha value is -2.04. The second-order valence-corrected chi connectivity index (χ2v) is 4.35. The van der Waals surface area contributed by atoms with Crippen molar-refractivity contribution in [2.24, 2.45) is 0 Å². The first-order valence-electron chi connectivity index (χ1n) is 5.53. The van der Waals surface area contributed by atoms with Crippen LogP contribution in [0.4, 0.5) is 0 Å². The molecule has 2 N–H and O–H groups in total.